The van der Waals surface area contributed by atoms with Crippen molar-refractivity contribution in [1.82, 2.24) is 0 Å². The van der Waals surface area contributed by atoms with Gasteiger partial charge in [-0.3, -0.25) is 0 Å². The Labute approximate surface area is 227 Å². The van der Waals surface area contributed by atoms with Crippen LogP contribution < -0.4 is 12.4 Å². The molecule has 0 N–H and O–H groups in total. The van der Waals surface area contributed by atoms with Crippen LogP contribution in [0.25, 0.3) is 22.3 Å². The smallest absolute Gasteiger partial charge is 1.00 e. The zero-order valence-electron chi connectivity index (χ0n) is 18.8. The molecule has 0 spiro atoms. The second-order valence-corrected chi connectivity index (χ2v) is 8.40. The molecule has 34 heavy (non-hydrogen) atoms. The SMILES string of the molecule is [C-](=C(c1ccccc1)c1ccccc1)c1c(C2=CC=CC2)ccc2c1Cc1ccccc1-2.[Cl-].[Zr+2]. The van der Waals surface area contributed by atoms with E-state index in [2.05, 4.69) is 121 Å². The molecule has 0 atom stereocenters. The topological polar surface area (TPSA) is 0 Å². The molecule has 4 aromatic rings. The molecule has 0 aliphatic heterocycles. The largest absolute Gasteiger partial charge is 2.00 e. The normalized spacial score (nSPS) is 12.6. The van der Waals surface area contributed by atoms with E-state index in [1.165, 1.54) is 50.1 Å². The summed E-state index contributed by atoms with van der Waals surface area (Å²) >= 11 is 0. The zero-order valence-corrected chi connectivity index (χ0v) is 22.0. The van der Waals surface area contributed by atoms with E-state index < -0.39 is 0 Å². The van der Waals surface area contributed by atoms with Crippen molar-refractivity contribution in [3.63, 3.8) is 0 Å². The Morgan fingerprint density at radius 2 is 1.26 bits per heavy atom. The van der Waals surface area contributed by atoms with Gasteiger partial charge >= 0.3 is 26.2 Å². The van der Waals surface area contributed by atoms with Gasteiger partial charge in [0.25, 0.3) is 0 Å². The Kier molecular flexibility index (Phi) is 7.67. The summed E-state index contributed by atoms with van der Waals surface area (Å²) in [5.74, 6) is 0. The van der Waals surface area contributed by atoms with Gasteiger partial charge in [-0.25, -0.2) is 0 Å². The molecule has 0 aromatic heterocycles. The van der Waals surface area contributed by atoms with Crippen molar-refractivity contribution >= 4 is 11.1 Å². The molecular weight excluding hydrogens is 511 g/mol. The van der Waals surface area contributed by atoms with E-state index in [0.29, 0.717) is 0 Å². The minimum Gasteiger partial charge on any atom is -1.00 e. The number of halogens is 1. The van der Waals surface area contributed by atoms with E-state index >= 15 is 0 Å². The van der Waals surface area contributed by atoms with Gasteiger partial charge in [0.15, 0.2) is 0 Å². The Balaban J connectivity index is 0.00000137. The summed E-state index contributed by atoms with van der Waals surface area (Å²) in [6.45, 7) is 0. The van der Waals surface area contributed by atoms with Gasteiger partial charge in [-0.05, 0) is 29.5 Å². The third-order valence-electron chi connectivity index (χ3n) is 6.48. The fourth-order valence-corrected chi connectivity index (χ4v) is 4.91. The van der Waals surface area contributed by atoms with Gasteiger partial charge in [0.1, 0.15) is 0 Å². The van der Waals surface area contributed by atoms with Crippen LogP contribution in [0.15, 0.2) is 115 Å². The Morgan fingerprint density at radius 1 is 0.647 bits per heavy atom. The van der Waals surface area contributed by atoms with Crippen LogP contribution in [0, 0.1) is 6.08 Å². The van der Waals surface area contributed by atoms with Crippen LogP contribution in [-0.2, 0) is 32.6 Å². The number of hydrogen-bond acceptors (Lipinski definition) is 0. The van der Waals surface area contributed by atoms with Crippen molar-refractivity contribution in [3.05, 3.63) is 155 Å². The predicted molar refractivity (Wildman–Crippen MR) is 134 cm³/mol. The maximum absolute atomic E-state index is 3.94. The summed E-state index contributed by atoms with van der Waals surface area (Å²) in [4.78, 5) is 0. The van der Waals surface area contributed by atoms with Crippen LogP contribution in [0.5, 0.6) is 0 Å². The molecular formula is C32H23ClZr. The maximum Gasteiger partial charge on any atom is 2.00 e. The van der Waals surface area contributed by atoms with Gasteiger partial charge in [-0.2, -0.15) is 0 Å². The number of hydrogen-bond donors (Lipinski definition) is 0. The van der Waals surface area contributed by atoms with Crippen LogP contribution in [0.3, 0.4) is 0 Å². The van der Waals surface area contributed by atoms with Gasteiger partial charge in [0.05, 0.1) is 0 Å². The van der Waals surface area contributed by atoms with Gasteiger partial charge < -0.3 is 12.4 Å². The average Bonchev–Trinajstić information content (AvgIpc) is 3.52. The van der Waals surface area contributed by atoms with E-state index in [1.807, 2.05) is 0 Å². The first-order valence-electron chi connectivity index (χ1n) is 11.2. The third kappa shape index (κ3) is 4.48. The number of benzene rings is 4. The summed E-state index contributed by atoms with van der Waals surface area (Å²) in [5.41, 5.74) is 12.9. The molecule has 0 fully saturated rings. The van der Waals surface area contributed by atoms with Crippen LogP contribution in [0.4, 0.5) is 0 Å². The van der Waals surface area contributed by atoms with Crippen molar-refractivity contribution in [3.8, 4) is 11.1 Å². The van der Waals surface area contributed by atoms with Crippen LogP contribution >= 0.6 is 0 Å². The van der Waals surface area contributed by atoms with Crippen LogP contribution in [0.2, 0.25) is 0 Å². The van der Waals surface area contributed by atoms with Crippen molar-refractivity contribution in [1.29, 1.82) is 0 Å². The summed E-state index contributed by atoms with van der Waals surface area (Å²) < 4.78 is 0. The average molecular weight is 534 g/mol. The minimum absolute atomic E-state index is 0. The van der Waals surface area contributed by atoms with E-state index in [-0.39, 0.29) is 38.6 Å². The number of fused-ring (bicyclic) bond motifs is 3. The standard InChI is InChI=1S/C32H23.ClH.Zr/c1-3-11-24(12-4-1)30(25-13-5-2-6-14-25)22-32-28(23-15-7-8-16-23)19-20-29-27-18-10-9-17-26(27)21-31(29)32;;/h1-15,17-20H,16,21H2;1H;/q-1;;+2/p-1. The molecule has 162 valence electrons. The van der Waals surface area contributed by atoms with Crippen molar-refractivity contribution in [2.75, 3.05) is 0 Å². The molecule has 0 saturated heterocycles. The molecule has 0 saturated carbocycles. The summed E-state index contributed by atoms with van der Waals surface area (Å²) in [5, 5.41) is 0. The second kappa shape index (κ2) is 10.7. The third-order valence-corrected chi connectivity index (χ3v) is 6.48. The van der Waals surface area contributed by atoms with Gasteiger partial charge in [-0.15, -0.1) is 17.2 Å². The van der Waals surface area contributed by atoms with E-state index in [0.717, 1.165) is 18.4 Å². The molecule has 4 aromatic carbocycles. The van der Waals surface area contributed by atoms with Gasteiger partial charge in [-0.1, -0.05) is 143 Å². The summed E-state index contributed by atoms with van der Waals surface area (Å²) in [6.07, 6.45) is 12.5. The van der Waals surface area contributed by atoms with Crippen LogP contribution in [-0.4, -0.2) is 0 Å². The maximum atomic E-state index is 3.94. The Hall–Kier alpha value is -2.73. The van der Waals surface area contributed by atoms with E-state index in [9.17, 15) is 0 Å². The molecule has 0 amide bonds. The Bertz CT molecular complexity index is 1350. The zero-order chi connectivity index (χ0) is 21.3. The van der Waals surface area contributed by atoms with E-state index in [4.69, 9.17) is 0 Å². The molecule has 2 aliphatic carbocycles. The Morgan fingerprint density at radius 3 is 1.91 bits per heavy atom. The molecule has 2 heteroatoms. The van der Waals surface area contributed by atoms with Crippen molar-refractivity contribution in [2.45, 2.75) is 12.8 Å². The minimum atomic E-state index is 0. The first-order chi connectivity index (χ1) is 15.9. The predicted octanol–water partition coefficient (Wildman–Crippen LogP) is 4.89. The molecule has 6 rings (SSSR count). The molecule has 0 bridgehead atoms. The fraction of sp³-hybridized carbons (Fsp3) is 0.0625. The van der Waals surface area contributed by atoms with E-state index in [1.54, 1.807) is 0 Å². The van der Waals surface area contributed by atoms with Crippen molar-refractivity contribution in [2.24, 2.45) is 0 Å². The molecule has 0 nitrogen and oxygen atoms in total. The number of allylic oxidation sites excluding steroid dienone is 4. The van der Waals surface area contributed by atoms with Crippen molar-refractivity contribution < 1.29 is 38.6 Å². The molecule has 0 radical (unpaired) electrons. The molecule has 2 aliphatic rings. The summed E-state index contributed by atoms with van der Waals surface area (Å²) in [7, 11) is 0. The fourth-order valence-electron chi connectivity index (χ4n) is 4.91. The first-order valence-corrected chi connectivity index (χ1v) is 11.2. The number of rotatable bonds is 4. The monoisotopic (exact) mass is 532 g/mol. The molecule has 0 unspecified atom stereocenters. The van der Waals surface area contributed by atoms with Gasteiger partial charge in [0.2, 0.25) is 0 Å². The van der Waals surface area contributed by atoms with Gasteiger partial charge in [0, 0.05) is 0 Å². The quantitative estimate of drug-likeness (QED) is 0.228. The first kappa shape index (κ1) is 24.4. The summed E-state index contributed by atoms with van der Waals surface area (Å²) in [6, 6.07) is 34.7. The van der Waals surface area contributed by atoms with Crippen LogP contribution in [0.1, 0.15) is 39.8 Å². The molecule has 0 heterocycles. The second-order valence-electron chi connectivity index (χ2n) is 8.40.